The summed E-state index contributed by atoms with van der Waals surface area (Å²) in [5.74, 6) is -0.843. The summed E-state index contributed by atoms with van der Waals surface area (Å²) in [6.07, 6.45) is 1.40. The monoisotopic (exact) mass is 310 g/mol. The van der Waals surface area contributed by atoms with Crippen LogP contribution in [0.1, 0.15) is 15.9 Å². The van der Waals surface area contributed by atoms with Crippen LogP contribution in [0.2, 0.25) is 10.0 Å². The van der Waals surface area contributed by atoms with E-state index >= 15 is 0 Å². The van der Waals surface area contributed by atoms with E-state index in [1.54, 1.807) is 18.2 Å². The zero-order chi connectivity index (χ0) is 14.5. The van der Waals surface area contributed by atoms with E-state index < -0.39 is 11.7 Å². The molecule has 2 aromatic rings. The lowest BCUT2D eigenvalue weighted by Crippen LogP contribution is -2.17. The van der Waals surface area contributed by atoms with E-state index in [1.165, 1.54) is 30.5 Å². The molecule has 0 heterocycles. The van der Waals surface area contributed by atoms with E-state index in [2.05, 4.69) is 10.5 Å². The summed E-state index contributed by atoms with van der Waals surface area (Å²) in [6, 6.07) is 10.1. The lowest BCUT2D eigenvalue weighted by molar-refractivity contribution is 0.0955. The van der Waals surface area contributed by atoms with Gasteiger partial charge in [-0.05, 0) is 36.4 Å². The van der Waals surface area contributed by atoms with Crippen molar-refractivity contribution in [3.8, 4) is 0 Å². The van der Waals surface area contributed by atoms with Crippen LogP contribution in [0.5, 0.6) is 0 Å². The second-order valence-electron chi connectivity index (χ2n) is 3.87. The number of halogens is 3. The number of nitrogens with one attached hydrogen (secondary N) is 1. The van der Waals surface area contributed by atoms with Gasteiger partial charge in [0.25, 0.3) is 5.91 Å². The van der Waals surface area contributed by atoms with Crippen LogP contribution in [-0.2, 0) is 0 Å². The quantitative estimate of drug-likeness (QED) is 0.678. The zero-order valence-corrected chi connectivity index (χ0v) is 11.6. The maximum Gasteiger partial charge on any atom is 0.271 e. The van der Waals surface area contributed by atoms with E-state index in [9.17, 15) is 9.18 Å². The molecule has 0 radical (unpaired) electrons. The van der Waals surface area contributed by atoms with Gasteiger partial charge in [-0.15, -0.1) is 0 Å². The summed E-state index contributed by atoms with van der Waals surface area (Å²) in [6.45, 7) is 0. The van der Waals surface area contributed by atoms with Crippen molar-refractivity contribution in [3.05, 3.63) is 69.5 Å². The summed E-state index contributed by atoms with van der Waals surface area (Å²) in [7, 11) is 0. The molecule has 3 nitrogen and oxygen atoms in total. The van der Waals surface area contributed by atoms with E-state index in [0.29, 0.717) is 21.2 Å². The third kappa shape index (κ3) is 3.79. The number of hydrogen-bond acceptors (Lipinski definition) is 2. The molecule has 6 heteroatoms. The molecule has 102 valence electrons. The number of rotatable bonds is 3. The fourth-order valence-electron chi connectivity index (χ4n) is 1.43. The van der Waals surface area contributed by atoms with E-state index in [0.717, 1.165) is 0 Å². The number of hydrogen-bond donors (Lipinski definition) is 1. The maximum absolute atomic E-state index is 12.7. The van der Waals surface area contributed by atoms with Crippen LogP contribution >= 0.6 is 23.2 Å². The zero-order valence-electron chi connectivity index (χ0n) is 10.1. The highest BCUT2D eigenvalue weighted by atomic mass is 35.5. The minimum absolute atomic E-state index is 0.311. The van der Waals surface area contributed by atoms with Crippen LogP contribution in [0.15, 0.2) is 47.6 Å². The van der Waals surface area contributed by atoms with Crippen molar-refractivity contribution in [3.63, 3.8) is 0 Å². The maximum atomic E-state index is 12.7. The highest BCUT2D eigenvalue weighted by Crippen LogP contribution is 2.19. The fourth-order valence-corrected chi connectivity index (χ4v) is 1.89. The van der Waals surface area contributed by atoms with Gasteiger partial charge in [-0.25, -0.2) is 9.82 Å². The standard InChI is InChI=1S/C14H9Cl2FN2O/c15-11-4-1-10(13(16)7-11)8-18-19-14(20)9-2-5-12(17)6-3-9/h1-8H,(H,19,20)/b18-8+. The van der Waals surface area contributed by atoms with Gasteiger partial charge in [0.15, 0.2) is 0 Å². The summed E-state index contributed by atoms with van der Waals surface area (Å²) in [5.41, 5.74) is 3.26. The summed E-state index contributed by atoms with van der Waals surface area (Å²) in [4.78, 5) is 11.7. The van der Waals surface area contributed by atoms with Crippen molar-refractivity contribution in [1.82, 2.24) is 5.43 Å². The average Bonchev–Trinajstić information content (AvgIpc) is 2.42. The molecule has 0 bridgehead atoms. The van der Waals surface area contributed by atoms with Crippen molar-refractivity contribution in [2.24, 2.45) is 5.10 Å². The molecule has 0 fully saturated rings. The normalized spacial score (nSPS) is 10.8. The minimum Gasteiger partial charge on any atom is -0.267 e. The Bertz CT molecular complexity index is 657. The third-order valence-electron chi connectivity index (χ3n) is 2.44. The Kier molecular flexibility index (Phi) is 4.71. The Labute approximate surface area is 125 Å². The van der Waals surface area contributed by atoms with Crippen molar-refractivity contribution in [2.75, 3.05) is 0 Å². The van der Waals surface area contributed by atoms with Crippen LogP contribution in [0.4, 0.5) is 4.39 Å². The Morgan fingerprint density at radius 1 is 1.15 bits per heavy atom. The summed E-state index contributed by atoms with van der Waals surface area (Å²) in [5, 5.41) is 4.73. The Hall–Kier alpha value is -1.91. The van der Waals surface area contributed by atoms with Crippen LogP contribution in [0.25, 0.3) is 0 Å². The lowest BCUT2D eigenvalue weighted by Gasteiger charge is -2.00. The van der Waals surface area contributed by atoms with E-state index in [-0.39, 0.29) is 0 Å². The smallest absolute Gasteiger partial charge is 0.267 e. The number of benzene rings is 2. The molecular weight excluding hydrogens is 302 g/mol. The van der Waals surface area contributed by atoms with Gasteiger partial charge >= 0.3 is 0 Å². The molecule has 0 atom stereocenters. The first-order valence-electron chi connectivity index (χ1n) is 5.60. The van der Waals surface area contributed by atoms with Crippen molar-refractivity contribution >= 4 is 35.3 Å². The average molecular weight is 311 g/mol. The van der Waals surface area contributed by atoms with E-state index in [4.69, 9.17) is 23.2 Å². The number of carbonyl (C=O) groups is 1. The van der Waals surface area contributed by atoms with Crippen LogP contribution in [-0.4, -0.2) is 12.1 Å². The molecule has 1 amide bonds. The molecular formula is C14H9Cl2FN2O. The van der Waals surface area contributed by atoms with Gasteiger partial charge in [0.05, 0.1) is 11.2 Å². The molecule has 0 saturated heterocycles. The molecule has 0 aliphatic rings. The Morgan fingerprint density at radius 2 is 1.85 bits per heavy atom. The fraction of sp³-hybridized carbons (Fsp3) is 0. The van der Waals surface area contributed by atoms with Crippen molar-refractivity contribution in [2.45, 2.75) is 0 Å². The molecule has 1 N–H and O–H groups in total. The number of carbonyl (C=O) groups excluding carboxylic acids is 1. The van der Waals surface area contributed by atoms with Crippen molar-refractivity contribution < 1.29 is 9.18 Å². The van der Waals surface area contributed by atoms with Crippen LogP contribution in [0, 0.1) is 5.82 Å². The van der Waals surface area contributed by atoms with Crippen LogP contribution < -0.4 is 5.43 Å². The SMILES string of the molecule is O=C(N/N=C/c1ccc(Cl)cc1Cl)c1ccc(F)cc1. The number of amides is 1. The van der Waals surface area contributed by atoms with Gasteiger partial charge < -0.3 is 0 Å². The molecule has 0 aromatic heterocycles. The molecule has 0 aliphatic heterocycles. The second-order valence-corrected chi connectivity index (χ2v) is 4.72. The molecule has 0 spiro atoms. The topological polar surface area (TPSA) is 41.5 Å². The predicted octanol–water partition coefficient (Wildman–Crippen LogP) is 3.90. The highest BCUT2D eigenvalue weighted by molar-refractivity contribution is 6.36. The molecule has 0 unspecified atom stereocenters. The minimum atomic E-state index is -0.439. The van der Waals surface area contributed by atoms with Crippen molar-refractivity contribution in [1.29, 1.82) is 0 Å². The molecule has 0 saturated carbocycles. The molecule has 2 rings (SSSR count). The molecule has 2 aromatic carbocycles. The first-order chi connectivity index (χ1) is 9.56. The molecule has 20 heavy (non-hydrogen) atoms. The summed E-state index contributed by atoms with van der Waals surface area (Å²) < 4.78 is 12.7. The Balaban J connectivity index is 2.02. The van der Waals surface area contributed by atoms with Gasteiger partial charge in [-0.3, -0.25) is 4.79 Å². The largest absolute Gasteiger partial charge is 0.271 e. The van der Waals surface area contributed by atoms with Gasteiger partial charge in [0.1, 0.15) is 5.82 Å². The van der Waals surface area contributed by atoms with Gasteiger partial charge in [-0.2, -0.15) is 5.10 Å². The number of hydrazone groups is 1. The van der Waals surface area contributed by atoms with Gasteiger partial charge in [0.2, 0.25) is 0 Å². The number of nitrogens with zero attached hydrogens (tertiary/aromatic N) is 1. The first-order valence-corrected chi connectivity index (χ1v) is 6.36. The third-order valence-corrected chi connectivity index (χ3v) is 3.00. The second kappa shape index (κ2) is 6.50. The molecule has 0 aliphatic carbocycles. The highest BCUT2D eigenvalue weighted by Gasteiger charge is 2.04. The summed E-state index contributed by atoms with van der Waals surface area (Å²) >= 11 is 11.7. The first kappa shape index (κ1) is 14.5. The predicted molar refractivity (Wildman–Crippen MR) is 77.9 cm³/mol. The Morgan fingerprint density at radius 3 is 2.50 bits per heavy atom. The lowest BCUT2D eigenvalue weighted by atomic mass is 10.2. The van der Waals surface area contributed by atoms with E-state index in [1.807, 2.05) is 0 Å². The van der Waals surface area contributed by atoms with Gasteiger partial charge in [0, 0.05) is 16.1 Å². The van der Waals surface area contributed by atoms with Crippen LogP contribution in [0.3, 0.4) is 0 Å². The van der Waals surface area contributed by atoms with Gasteiger partial charge in [-0.1, -0.05) is 29.3 Å².